The van der Waals surface area contributed by atoms with Crippen molar-refractivity contribution < 1.29 is 27.4 Å². The first kappa shape index (κ1) is 22.3. The quantitative estimate of drug-likeness (QED) is 0.414. The van der Waals surface area contributed by atoms with E-state index in [-0.39, 0.29) is 5.69 Å². The predicted octanol–water partition coefficient (Wildman–Crippen LogP) is 5.93. The Morgan fingerprint density at radius 2 is 1.90 bits per heavy atom. The number of halogens is 3. The van der Waals surface area contributed by atoms with Gasteiger partial charge in [0.05, 0.1) is 19.3 Å². The molecule has 1 N–H and O–H groups in total. The zero-order valence-electron chi connectivity index (χ0n) is 16.4. The van der Waals surface area contributed by atoms with Gasteiger partial charge in [-0.3, -0.25) is 4.79 Å². The van der Waals surface area contributed by atoms with Crippen molar-refractivity contribution in [3.05, 3.63) is 59.7 Å². The van der Waals surface area contributed by atoms with Gasteiger partial charge in [-0.25, -0.2) is 0 Å². The Labute approximate surface area is 168 Å². The summed E-state index contributed by atoms with van der Waals surface area (Å²) in [6.45, 7) is 2.71. The molecule has 0 aliphatic heterocycles. The number of alkyl halides is 3. The number of nitrogens with one attached hydrogen (secondary N) is 1. The number of benzene rings is 2. The summed E-state index contributed by atoms with van der Waals surface area (Å²) >= 11 is 0. The lowest BCUT2D eigenvalue weighted by atomic mass is 10.1. The van der Waals surface area contributed by atoms with E-state index in [0.717, 1.165) is 31.4 Å². The molecule has 1 amide bonds. The number of carbonyl (C=O) groups is 1. The van der Waals surface area contributed by atoms with E-state index in [4.69, 9.17) is 9.47 Å². The summed E-state index contributed by atoms with van der Waals surface area (Å²) in [5.41, 5.74) is -0.0524. The van der Waals surface area contributed by atoms with Crippen molar-refractivity contribution in [2.45, 2.75) is 32.4 Å². The smallest absolute Gasteiger partial charge is 0.416 e. The van der Waals surface area contributed by atoms with E-state index in [1.54, 1.807) is 24.3 Å². The molecule has 2 aromatic carbocycles. The van der Waals surface area contributed by atoms with Gasteiger partial charge in [-0.05, 0) is 48.4 Å². The third-order valence-corrected chi connectivity index (χ3v) is 4.08. The number of ether oxygens (including phenoxy) is 2. The minimum Gasteiger partial charge on any atom is -0.493 e. The fourth-order valence-corrected chi connectivity index (χ4v) is 2.57. The number of hydrogen-bond donors (Lipinski definition) is 1. The standard InChI is InChI=1S/C22H24F3NO3/c1-3-4-5-13-29-19-11-9-16(14-20(19)28-2)10-12-21(27)26-18-8-6-7-17(15-18)22(23,24)25/h6-12,14-15H,3-5,13H2,1-2H3,(H,26,27)/b12-10+. The Bertz CT molecular complexity index is 847. The minimum atomic E-state index is -4.46. The molecule has 4 nitrogen and oxygen atoms in total. The largest absolute Gasteiger partial charge is 0.493 e. The van der Waals surface area contributed by atoms with E-state index >= 15 is 0 Å². The first-order valence-corrected chi connectivity index (χ1v) is 9.30. The van der Waals surface area contributed by atoms with Crippen LogP contribution in [0.1, 0.15) is 37.3 Å². The van der Waals surface area contributed by atoms with Crippen LogP contribution in [0.25, 0.3) is 6.08 Å². The minimum absolute atomic E-state index is 0.0721. The molecule has 0 unspecified atom stereocenters. The van der Waals surface area contributed by atoms with Crippen molar-refractivity contribution in [1.82, 2.24) is 0 Å². The molecule has 7 heteroatoms. The number of unbranched alkanes of at least 4 members (excludes halogenated alkanes) is 2. The van der Waals surface area contributed by atoms with E-state index in [1.165, 1.54) is 25.3 Å². The van der Waals surface area contributed by atoms with Gasteiger partial charge >= 0.3 is 6.18 Å². The van der Waals surface area contributed by atoms with Crippen LogP contribution < -0.4 is 14.8 Å². The Morgan fingerprint density at radius 1 is 1.10 bits per heavy atom. The lowest BCUT2D eigenvalue weighted by molar-refractivity contribution is -0.137. The van der Waals surface area contributed by atoms with Crippen molar-refractivity contribution in [3.63, 3.8) is 0 Å². The third kappa shape index (κ3) is 7.18. The highest BCUT2D eigenvalue weighted by atomic mass is 19.4. The lowest BCUT2D eigenvalue weighted by Gasteiger charge is -2.11. The average molecular weight is 407 g/mol. The lowest BCUT2D eigenvalue weighted by Crippen LogP contribution is -2.10. The van der Waals surface area contributed by atoms with Gasteiger partial charge in [-0.15, -0.1) is 0 Å². The summed E-state index contributed by atoms with van der Waals surface area (Å²) in [6, 6.07) is 9.73. The molecule has 0 saturated heterocycles. The van der Waals surface area contributed by atoms with Crippen molar-refractivity contribution in [2.24, 2.45) is 0 Å². The fraction of sp³-hybridized carbons (Fsp3) is 0.318. The van der Waals surface area contributed by atoms with Gasteiger partial charge < -0.3 is 14.8 Å². The number of carbonyl (C=O) groups excluding carboxylic acids is 1. The maximum absolute atomic E-state index is 12.7. The molecule has 0 bridgehead atoms. The molecule has 0 aliphatic carbocycles. The van der Waals surface area contributed by atoms with Crippen LogP contribution in [0.5, 0.6) is 11.5 Å². The molecular weight excluding hydrogens is 383 g/mol. The maximum Gasteiger partial charge on any atom is 0.416 e. The molecule has 2 aromatic rings. The molecule has 0 saturated carbocycles. The number of amides is 1. The number of rotatable bonds is 9. The van der Waals surface area contributed by atoms with Crippen LogP contribution in [0.3, 0.4) is 0 Å². The van der Waals surface area contributed by atoms with E-state index in [0.29, 0.717) is 23.7 Å². The second-order valence-corrected chi connectivity index (χ2v) is 6.37. The van der Waals surface area contributed by atoms with Gasteiger partial charge in [-0.1, -0.05) is 31.9 Å². The molecule has 0 aromatic heterocycles. The zero-order valence-corrected chi connectivity index (χ0v) is 16.4. The Balaban J connectivity index is 2.01. The highest BCUT2D eigenvalue weighted by molar-refractivity contribution is 6.02. The molecule has 29 heavy (non-hydrogen) atoms. The highest BCUT2D eigenvalue weighted by Crippen LogP contribution is 2.31. The van der Waals surface area contributed by atoms with Crippen molar-refractivity contribution >= 4 is 17.7 Å². The van der Waals surface area contributed by atoms with E-state index < -0.39 is 17.6 Å². The number of hydrogen-bond acceptors (Lipinski definition) is 3. The van der Waals surface area contributed by atoms with Gasteiger partial charge in [0, 0.05) is 11.8 Å². The van der Waals surface area contributed by atoms with Gasteiger partial charge in [0.1, 0.15) is 0 Å². The summed E-state index contributed by atoms with van der Waals surface area (Å²) in [4.78, 5) is 12.0. The molecular formula is C22H24F3NO3. The number of anilines is 1. The summed E-state index contributed by atoms with van der Waals surface area (Å²) in [7, 11) is 1.53. The second kappa shape index (κ2) is 10.5. The molecule has 2 rings (SSSR count). The van der Waals surface area contributed by atoms with Crippen LogP contribution in [0.4, 0.5) is 18.9 Å². The second-order valence-electron chi connectivity index (χ2n) is 6.37. The van der Waals surface area contributed by atoms with Gasteiger partial charge in [0.25, 0.3) is 0 Å². The predicted molar refractivity (Wildman–Crippen MR) is 107 cm³/mol. The van der Waals surface area contributed by atoms with Crippen LogP contribution >= 0.6 is 0 Å². The fourth-order valence-electron chi connectivity index (χ4n) is 2.57. The normalized spacial score (nSPS) is 11.5. The average Bonchev–Trinajstić information content (AvgIpc) is 2.69. The zero-order chi connectivity index (χ0) is 21.3. The van der Waals surface area contributed by atoms with Gasteiger partial charge in [-0.2, -0.15) is 13.2 Å². The monoisotopic (exact) mass is 407 g/mol. The number of methoxy groups -OCH3 is 1. The molecule has 0 aliphatic rings. The van der Waals surface area contributed by atoms with Gasteiger partial charge in [0.2, 0.25) is 5.91 Å². The topological polar surface area (TPSA) is 47.6 Å². The SMILES string of the molecule is CCCCCOc1ccc(/C=C/C(=O)Nc2cccc(C(F)(F)F)c2)cc1OC. The molecule has 0 fully saturated rings. The van der Waals surface area contributed by atoms with Crippen LogP contribution in [0.2, 0.25) is 0 Å². The Kier molecular flexibility index (Phi) is 8.12. The van der Waals surface area contributed by atoms with Crippen molar-refractivity contribution in [2.75, 3.05) is 19.0 Å². The first-order valence-electron chi connectivity index (χ1n) is 9.30. The van der Waals surface area contributed by atoms with E-state index in [1.807, 2.05) is 0 Å². The van der Waals surface area contributed by atoms with Crippen LogP contribution in [-0.4, -0.2) is 19.6 Å². The van der Waals surface area contributed by atoms with Crippen molar-refractivity contribution in [1.29, 1.82) is 0 Å². The summed E-state index contributed by atoms with van der Waals surface area (Å²) < 4.78 is 49.3. The maximum atomic E-state index is 12.7. The summed E-state index contributed by atoms with van der Waals surface area (Å²) in [6.07, 6.45) is 1.48. The molecule has 156 valence electrons. The van der Waals surface area contributed by atoms with Crippen LogP contribution in [0.15, 0.2) is 48.5 Å². The molecule has 0 atom stereocenters. The van der Waals surface area contributed by atoms with Crippen LogP contribution in [0, 0.1) is 0 Å². The molecule has 0 spiro atoms. The third-order valence-electron chi connectivity index (χ3n) is 4.08. The summed E-state index contributed by atoms with van der Waals surface area (Å²) in [5, 5.41) is 2.42. The van der Waals surface area contributed by atoms with E-state index in [2.05, 4.69) is 12.2 Å². The van der Waals surface area contributed by atoms with Crippen molar-refractivity contribution in [3.8, 4) is 11.5 Å². The molecule has 0 heterocycles. The summed E-state index contributed by atoms with van der Waals surface area (Å²) in [5.74, 6) is 0.624. The highest BCUT2D eigenvalue weighted by Gasteiger charge is 2.30. The Hall–Kier alpha value is -2.96. The molecule has 0 radical (unpaired) electrons. The van der Waals surface area contributed by atoms with Gasteiger partial charge in [0.15, 0.2) is 11.5 Å². The first-order chi connectivity index (χ1) is 13.8. The van der Waals surface area contributed by atoms with E-state index in [9.17, 15) is 18.0 Å². The Morgan fingerprint density at radius 3 is 2.59 bits per heavy atom. The van der Waals surface area contributed by atoms with Crippen LogP contribution in [-0.2, 0) is 11.0 Å².